The molecule has 2 aliphatic rings. The van der Waals surface area contributed by atoms with E-state index >= 15 is 0 Å². The lowest BCUT2D eigenvalue weighted by Gasteiger charge is -2.47. The van der Waals surface area contributed by atoms with Gasteiger partial charge in [0, 0.05) is 25.2 Å². The lowest BCUT2D eigenvalue weighted by Crippen LogP contribution is -2.58. The quantitative estimate of drug-likeness (QED) is 0.833. The minimum Gasteiger partial charge on any atom is -0.378 e. The van der Waals surface area contributed by atoms with Crippen LogP contribution in [-0.2, 0) is 4.74 Å². The fraction of sp³-hybridized carbons (Fsp3) is 1.00. The highest BCUT2D eigenvalue weighted by atomic mass is 16.5. The third kappa shape index (κ3) is 3.32. The van der Waals surface area contributed by atoms with Crippen LogP contribution in [0.25, 0.3) is 0 Å². The highest BCUT2D eigenvalue weighted by molar-refractivity contribution is 4.99. The van der Waals surface area contributed by atoms with Crippen molar-refractivity contribution >= 4 is 0 Å². The first kappa shape index (κ1) is 15.3. The molecule has 0 aliphatic carbocycles. The topological polar surface area (TPSA) is 38.5 Å². The Bertz CT molecular complexity index is 282. The number of hydrogen-bond donors (Lipinski definition) is 1. The van der Waals surface area contributed by atoms with Crippen molar-refractivity contribution in [1.29, 1.82) is 0 Å². The summed E-state index contributed by atoms with van der Waals surface area (Å²) in [4.78, 5) is 2.70. The van der Waals surface area contributed by atoms with Crippen LogP contribution in [0.2, 0.25) is 0 Å². The standard InChI is InChI=1S/C16H32N2O/c1-4-5-14-6-8-18(11-14)16(12-17)7-9-19-15(10-16)13(2)3/h13-15H,4-12,17H2,1-3H3. The van der Waals surface area contributed by atoms with Crippen LogP contribution in [0.4, 0.5) is 0 Å². The molecule has 0 radical (unpaired) electrons. The molecule has 2 fully saturated rings. The minimum absolute atomic E-state index is 0.218. The van der Waals surface area contributed by atoms with Crippen LogP contribution in [-0.4, -0.2) is 42.8 Å². The van der Waals surface area contributed by atoms with Gasteiger partial charge in [0.1, 0.15) is 0 Å². The predicted molar refractivity (Wildman–Crippen MR) is 80.2 cm³/mol. The van der Waals surface area contributed by atoms with Crippen molar-refractivity contribution < 1.29 is 4.74 Å². The van der Waals surface area contributed by atoms with Crippen LogP contribution >= 0.6 is 0 Å². The highest BCUT2D eigenvalue weighted by Gasteiger charge is 2.43. The zero-order chi connectivity index (χ0) is 13.9. The average Bonchev–Trinajstić information content (AvgIpc) is 2.88. The van der Waals surface area contributed by atoms with Crippen molar-refractivity contribution in [1.82, 2.24) is 4.90 Å². The normalized spacial score (nSPS) is 37.1. The summed E-state index contributed by atoms with van der Waals surface area (Å²) in [7, 11) is 0. The Morgan fingerprint density at radius 3 is 2.84 bits per heavy atom. The van der Waals surface area contributed by atoms with E-state index in [0.717, 1.165) is 31.9 Å². The molecule has 0 aromatic rings. The Morgan fingerprint density at radius 2 is 2.21 bits per heavy atom. The molecule has 3 unspecified atom stereocenters. The fourth-order valence-electron chi connectivity index (χ4n) is 3.87. The number of likely N-dealkylation sites (tertiary alicyclic amines) is 1. The molecule has 2 N–H and O–H groups in total. The van der Waals surface area contributed by atoms with E-state index in [9.17, 15) is 0 Å². The molecule has 0 aromatic carbocycles. The maximum Gasteiger partial charge on any atom is 0.0616 e. The molecule has 3 nitrogen and oxygen atoms in total. The van der Waals surface area contributed by atoms with Crippen molar-refractivity contribution in [3.63, 3.8) is 0 Å². The molecule has 112 valence electrons. The predicted octanol–water partition coefficient (Wildman–Crippen LogP) is 2.64. The van der Waals surface area contributed by atoms with E-state index < -0.39 is 0 Å². The first-order valence-electron chi connectivity index (χ1n) is 8.18. The van der Waals surface area contributed by atoms with Crippen molar-refractivity contribution in [3.05, 3.63) is 0 Å². The molecule has 3 heteroatoms. The molecule has 0 saturated carbocycles. The van der Waals surface area contributed by atoms with Gasteiger partial charge in [0.15, 0.2) is 0 Å². The maximum atomic E-state index is 6.20. The monoisotopic (exact) mass is 268 g/mol. The second kappa shape index (κ2) is 6.55. The number of rotatable bonds is 5. The number of nitrogens with two attached hydrogens (primary N) is 1. The molecule has 3 atom stereocenters. The number of nitrogens with zero attached hydrogens (tertiary/aromatic N) is 1. The highest BCUT2D eigenvalue weighted by Crippen LogP contribution is 2.37. The van der Waals surface area contributed by atoms with Gasteiger partial charge in [-0.2, -0.15) is 0 Å². The van der Waals surface area contributed by atoms with Gasteiger partial charge in [-0.05, 0) is 44.1 Å². The summed E-state index contributed by atoms with van der Waals surface area (Å²) in [5.41, 5.74) is 6.42. The second-order valence-corrected chi connectivity index (χ2v) is 6.93. The van der Waals surface area contributed by atoms with Crippen molar-refractivity contribution in [2.75, 3.05) is 26.2 Å². The average molecular weight is 268 g/mol. The molecule has 0 spiro atoms. The first-order valence-corrected chi connectivity index (χ1v) is 8.18. The van der Waals surface area contributed by atoms with Crippen LogP contribution < -0.4 is 5.73 Å². The van der Waals surface area contributed by atoms with Crippen LogP contribution in [0.1, 0.15) is 52.9 Å². The molecule has 0 bridgehead atoms. The van der Waals surface area contributed by atoms with Crippen molar-refractivity contribution in [3.8, 4) is 0 Å². The van der Waals surface area contributed by atoms with Gasteiger partial charge in [-0.3, -0.25) is 4.90 Å². The van der Waals surface area contributed by atoms with E-state index in [2.05, 4.69) is 25.7 Å². The summed E-state index contributed by atoms with van der Waals surface area (Å²) in [5, 5.41) is 0. The Labute approximate surface area is 118 Å². The van der Waals surface area contributed by atoms with E-state index in [0.29, 0.717) is 12.0 Å². The summed E-state index contributed by atoms with van der Waals surface area (Å²) >= 11 is 0. The second-order valence-electron chi connectivity index (χ2n) is 6.93. The summed E-state index contributed by atoms with van der Waals surface area (Å²) in [6, 6.07) is 0. The smallest absolute Gasteiger partial charge is 0.0616 e. The molecule has 2 heterocycles. The van der Waals surface area contributed by atoms with E-state index in [4.69, 9.17) is 10.5 Å². The zero-order valence-electron chi connectivity index (χ0n) is 13.0. The Kier molecular flexibility index (Phi) is 5.27. The van der Waals surface area contributed by atoms with Gasteiger partial charge in [-0.1, -0.05) is 27.2 Å². The Morgan fingerprint density at radius 1 is 1.42 bits per heavy atom. The van der Waals surface area contributed by atoms with E-state index in [1.807, 2.05) is 0 Å². The molecule has 19 heavy (non-hydrogen) atoms. The minimum atomic E-state index is 0.218. The molecular weight excluding hydrogens is 236 g/mol. The molecular formula is C16H32N2O. The number of hydrogen-bond acceptors (Lipinski definition) is 3. The summed E-state index contributed by atoms with van der Waals surface area (Å²) in [5.74, 6) is 1.49. The fourth-order valence-corrected chi connectivity index (χ4v) is 3.87. The van der Waals surface area contributed by atoms with Gasteiger partial charge in [-0.25, -0.2) is 0 Å². The van der Waals surface area contributed by atoms with Crippen LogP contribution in [0, 0.1) is 11.8 Å². The van der Waals surface area contributed by atoms with Crippen LogP contribution in [0.3, 0.4) is 0 Å². The lowest BCUT2D eigenvalue weighted by atomic mass is 9.82. The third-order valence-electron chi connectivity index (χ3n) is 5.26. The number of ether oxygens (including phenoxy) is 1. The molecule has 2 aliphatic heterocycles. The van der Waals surface area contributed by atoms with E-state index in [-0.39, 0.29) is 5.54 Å². The zero-order valence-corrected chi connectivity index (χ0v) is 13.0. The molecule has 2 saturated heterocycles. The van der Waals surface area contributed by atoms with E-state index in [1.165, 1.54) is 32.4 Å². The SMILES string of the molecule is CCCC1CCN(C2(CN)CCOC(C(C)C)C2)C1. The summed E-state index contributed by atoms with van der Waals surface area (Å²) < 4.78 is 5.95. The summed E-state index contributed by atoms with van der Waals surface area (Å²) in [6.07, 6.45) is 6.68. The largest absolute Gasteiger partial charge is 0.378 e. The van der Waals surface area contributed by atoms with Gasteiger partial charge in [0.05, 0.1) is 6.10 Å². The van der Waals surface area contributed by atoms with Gasteiger partial charge < -0.3 is 10.5 Å². The van der Waals surface area contributed by atoms with Crippen molar-refractivity contribution in [2.24, 2.45) is 17.6 Å². The maximum absolute atomic E-state index is 6.20. The van der Waals surface area contributed by atoms with Gasteiger partial charge in [-0.15, -0.1) is 0 Å². The van der Waals surface area contributed by atoms with Crippen LogP contribution in [0.15, 0.2) is 0 Å². The first-order chi connectivity index (χ1) is 9.11. The van der Waals surface area contributed by atoms with Gasteiger partial charge >= 0.3 is 0 Å². The van der Waals surface area contributed by atoms with Gasteiger partial charge in [0.25, 0.3) is 0 Å². The summed E-state index contributed by atoms with van der Waals surface area (Å²) in [6.45, 7) is 11.0. The molecule has 0 aromatic heterocycles. The van der Waals surface area contributed by atoms with Crippen molar-refractivity contribution in [2.45, 2.75) is 64.5 Å². The molecule has 2 rings (SSSR count). The van der Waals surface area contributed by atoms with E-state index in [1.54, 1.807) is 0 Å². The van der Waals surface area contributed by atoms with Gasteiger partial charge in [0.2, 0.25) is 0 Å². The molecule has 0 amide bonds. The Hall–Kier alpha value is -0.120. The lowest BCUT2D eigenvalue weighted by molar-refractivity contribution is -0.0830. The van der Waals surface area contributed by atoms with Crippen LogP contribution in [0.5, 0.6) is 0 Å². The third-order valence-corrected chi connectivity index (χ3v) is 5.26. The Balaban J connectivity index is 2.01.